The van der Waals surface area contributed by atoms with Crippen molar-refractivity contribution in [3.63, 3.8) is 0 Å². The predicted molar refractivity (Wildman–Crippen MR) is 64.6 cm³/mol. The zero-order valence-electron chi connectivity index (χ0n) is 8.69. The summed E-state index contributed by atoms with van der Waals surface area (Å²) in [4.78, 5) is 0. The molecule has 0 heterocycles. The van der Waals surface area contributed by atoms with Gasteiger partial charge < -0.3 is 0 Å². The molecule has 1 aromatic carbocycles. The Morgan fingerprint density at radius 1 is 1.00 bits per heavy atom. The lowest BCUT2D eigenvalue weighted by Gasteiger charge is -2.15. The van der Waals surface area contributed by atoms with Crippen LogP contribution in [0.25, 0.3) is 12.2 Å². The molecular formula is C15H14. The first-order valence-electron chi connectivity index (χ1n) is 5.57. The van der Waals surface area contributed by atoms with E-state index in [9.17, 15) is 0 Å². The SMILES string of the molecule is C1=CCC2C=c3ccccc3=CC2=CC1. The van der Waals surface area contributed by atoms with E-state index in [2.05, 4.69) is 54.6 Å². The van der Waals surface area contributed by atoms with Crippen LogP contribution in [0.4, 0.5) is 0 Å². The van der Waals surface area contributed by atoms with Crippen LogP contribution in [0.3, 0.4) is 0 Å². The highest BCUT2D eigenvalue weighted by Gasteiger charge is 2.12. The molecule has 0 saturated carbocycles. The van der Waals surface area contributed by atoms with Crippen molar-refractivity contribution in [1.29, 1.82) is 0 Å². The molecule has 15 heavy (non-hydrogen) atoms. The summed E-state index contributed by atoms with van der Waals surface area (Å²) >= 11 is 0. The standard InChI is InChI=1S/C15H14/c1-2-6-12-10-14-8-4-5-9-15(14)11-13(12)7-3-1/h1-2,4-5,7-12H,3,6H2. The quantitative estimate of drug-likeness (QED) is 0.555. The summed E-state index contributed by atoms with van der Waals surface area (Å²) in [6, 6.07) is 8.63. The Kier molecular flexibility index (Phi) is 2.06. The number of hydrogen-bond donors (Lipinski definition) is 0. The van der Waals surface area contributed by atoms with Crippen molar-refractivity contribution in [2.75, 3.05) is 0 Å². The molecule has 3 rings (SSSR count). The molecule has 0 amide bonds. The van der Waals surface area contributed by atoms with Gasteiger partial charge in [-0.1, -0.05) is 54.6 Å². The zero-order valence-corrected chi connectivity index (χ0v) is 8.69. The average Bonchev–Trinajstić information content (AvgIpc) is 2.50. The first kappa shape index (κ1) is 8.72. The van der Waals surface area contributed by atoms with Crippen LogP contribution in [0, 0.1) is 5.92 Å². The van der Waals surface area contributed by atoms with Gasteiger partial charge in [-0.2, -0.15) is 0 Å². The van der Waals surface area contributed by atoms with Crippen LogP contribution < -0.4 is 10.4 Å². The third-order valence-electron chi connectivity index (χ3n) is 3.17. The maximum Gasteiger partial charge on any atom is 0.00588 e. The number of fused-ring (bicyclic) bond motifs is 2. The molecule has 1 aromatic rings. The van der Waals surface area contributed by atoms with Crippen molar-refractivity contribution in [3.05, 3.63) is 58.5 Å². The fraction of sp³-hybridized carbons (Fsp3) is 0.200. The second kappa shape index (κ2) is 3.54. The van der Waals surface area contributed by atoms with Gasteiger partial charge in [-0.3, -0.25) is 0 Å². The molecule has 0 N–H and O–H groups in total. The highest BCUT2D eigenvalue weighted by Crippen LogP contribution is 2.23. The maximum atomic E-state index is 2.40. The predicted octanol–water partition coefficient (Wildman–Crippen LogP) is 2.15. The molecule has 74 valence electrons. The highest BCUT2D eigenvalue weighted by molar-refractivity contribution is 5.59. The van der Waals surface area contributed by atoms with Crippen LogP contribution >= 0.6 is 0 Å². The second-order valence-corrected chi connectivity index (χ2v) is 4.19. The fourth-order valence-corrected chi connectivity index (χ4v) is 2.35. The van der Waals surface area contributed by atoms with Gasteiger partial charge in [0, 0.05) is 5.92 Å². The first-order chi connectivity index (χ1) is 7.43. The number of rotatable bonds is 0. The van der Waals surface area contributed by atoms with Gasteiger partial charge in [0.2, 0.25) is 0 Å². The third kappa shape index (κ3) is 1.56. The smallest absolute Gasteiger partial charge is 0.00588 e. The zero-order chi connectivity index (χ0) is 10.1. The van der Waals surface area contributed by atoms with Crippen LogP contribution in [0.15, 0.2) is 48.1 Å². The van der Waals surface area contributed by atoms with Crippen molar-refractivity contribution in [2.45, 2.75) is 12.8 Å². The van der Waals surface area contributed by atoms with Crippen LogP contribution in [-0.4, -0.2) is 0 Å². The Morgan fingerprint density at radius 3 is 2.80 bits per heavy atom. The van der Waals surface area contributed by atoms with Gasteiger partial charge in [-0.05, 0) is 28.9 Å². The molecule has 0 saturated heterocycles. The van der Waals surface area contributed by atoms with Crippen LogP contribution in [0.5, 0.6) is 0 Å². The van der Waals surface area contributed by atoms with Gasteiger partial charge in [-0.25, -0.2) is 0 Å². The van der Waals surface area contributed by atoms with Crippen molar-refractivity contribution >= 4 is 12.2 Å². The summed E-state index contributed by atoms with van der Waals surface area (Å²) in [5, 5.41) is 2.75. The van der Waals surface area contributed by atoms with Gasteiger partial charge in [0.05, 0.1) is 0 Å². The van der Waals surface area contributed by atoms with Crippen LogP contribution in [0.2, 0.25) is 0 Å². The van der Waals surface area contributed by atoms with Gasteiger partial charge >= 0.3 is 0 Å². The highest BCUT2D eigenvalue weighted by atomic mass is 14.2. The monoisotopic (exact) mass is 194 g/mol. The summed E-state index contributed by atoms with van der Waals surface area (Å²) in [6.07, 6.45) is 13.9. The topological polar surface area (TPSA) is 0 Å². The van der Waals surface area contributed by atoms with Crippen LogP contribution in [-0.2, 0) is 0 Å². The Balaban J connectivity index is 2.22. The molecule has 0 radical (unpaired) electrons. The van der Waals surface area contributed by atoms with E-state index in [0.717, 1.165) is 12.8 Å². The largest absolute Gasteiger partial charge is 0.0873 e. The molecule has 0 heteroatoms. The molecular weight excluding hydrogens is 180 g/mol. The average molecular weight is 194 g/mol. The lowest BCUT2D eigenvalue weighted by atomic mass is 9.90. The molecule has 2 aliphatic carbocycles. The van der Waals surface area contributed by atoms with Gasteiger partial charge in [0.25, 0.3) is 0 Å². The summed E-state index contributed by atoms with van der Waals surface area (Å²) in [5.41, 5.74) is 1.48. The van der Waals surface area contributed by atoms with E-state index in [1.54, 1.807) is 0 Å². The minimum atomic E-state index is 0.596. The fourth-order valence-electron chi connectivity index (χ4n) is 2.35. The van der Waals surface area contributed by atoms with E-state index < -0.39 is 0 Å². The minimum absolute atomic E-state index is 0.596. The number of hydrogen-bond acceptors (Lipinski definition) is 0. The Hall–Kier alpha value is -1.56. The van der Waals surface area contributed by atoms with Crippen molar-refractivity contribution in [3.8, 4) is 0 Å². The molecule has 0 nitrogen and oxygen atoms in total. The molecule has 0 aromatic heterocycles. The molecule has 1 unspecified atom stereocenters. The number of benzene rings is 1. The molecule has 2 aliphatic rings. The molecule has 0 spiro atoms. The molecule has 1 atom stereocenters. The van der Waals surface area contributed by atoms with Crippen molar-refractivity contribution in [1.82, 2.24) is 0 Å². The summed E-state index contributed by atoms with van der Waals surface area (Å²) in [7, 11) is 0. The molecule has 0 fully saturated rings. The van der Waals surface area contributed by atoms with Crippen molar-refractivity contribution < 1.29 is 0 Å². The van der Waals surface area contributed by atoms with Gasteiger partial charge in [0.15, 0.2) is 0 Å². The lowest BCUT2D eigenvalue weighted by Crippen LogP contribution is -2.29. The third-order valence-corrected chi connectivity index (χ3v) is 3.17. The Labute approximate surface area is 89.9 Å². The second-order valence-electron chi connectivity index (χ2n) is 4.19. The van der Waals surface area contributed by atoms with E-state index in [-0.39, 0.29) is 0 Å². The Bertz CT molecular complexity index is 544. The van der Waals surface area contributed by atoms with Crippen molar-refractivity contribution in [2.24, 2.45) is 5.92 Å². The lowest BCUT2D eigenvalue weighted by molar-refractivity contribution is 0.845. The summed E-state index contributed by atoms with van der Waals surface area (Å²) in [5.74, 6) is 0.596. The first-order valence-corrected chi connectivity index (χ1v) is 5.57. The van der Waals surface area contributed by atoms with E-state index in [4.69, 9.17) is 0 Å². The molecule has 0 aliphatic heterocycles. The maximum absolute atomic E-state index is 2.40. The van der Waals surface area contributed by atoms with E-state index >= 15 is 0 Å². The molecule has 0 bridgehead atoms. The Morgan fingerprint density at radius 2 is 1.87 bits per heavy atom. The van der Waals surface area contributed by atoms with E-state index in [0.29, 0.717) is 5.92 Å². The van der Waals surface area contributed by atoms with Gasteiger partial charge in [0.1, 0.15) is 0 Å². The van der Waals surface area contributed by atoms with Gasteiger partial charge in [-0.15, -0.1) is 0 Å². The van der Waals surface area contributed by atoms with E-state index in [1.165, 1.54) is 16.0 Å². The minimum Gasteiger partial charge on any atom is -0.0873 e. The summed E-state index contributed by atoms with van der Waals surface area (Å²) in [6.45, 7) is 0. The van der Waals surface area contributed by atoms with Crippen LogP contribution in [0.1, 0.15) is 12.8 Å². The van der Waals surface area contributed by atoms with E-state index in [1.807, 2.05) is 0 Å². The number of allylic oxidation sites excluding steroid dienone is 4. The summed E-state index contributed by atoms with van der Waals surface area (Å²) < 4.78 is 0. The normalized spacial score (nSPS) is 22.7.